The molecule has 0 atom stereocenters. The molecule has 66 valence electrons. The van der Waals surface area contributed by atoms with E-state index in [1.54, 1.807) is 14.2 Å². The zero-order valence-corrected chi connectivity index (χ0v) is 8.10. The van der Waals surface area contributed by atoms with Crippen LogP contribution >= 0.6 is 12.6 Å². The number of rotatable bonds is 2. The Morgan fingerprint density at radius 2 is 2.00 bits per heavy atom. The standard InChI is InChI=1S/C9H12O2S/c1-10-8-5-3-7(12)4-6-9(8)11-2/h3-5,12H,6H2,1-2H3. The van der Waals surface area contributed by atoms with Crippen LogP contribution in [0.2, 0.25) is 0 Å². The Hall–Kier alpha value is -0.830. The molecule has 0 unspecified atom stereocenters. The van der Waals surface area contributed by atoms with Crippen molar-refractivity contribution in [2.45, 2.75) is 6.42 Å². The Morgan fingerprint density at radius 3 is 2.58 bits per heavy atom. The van der Waals surface area contributed by atoms with Crippen LogP contribution in [0.5, 0.6) is 0 Å². The van der Waals surface area contributed by atoms with Gasteiger partial charge in [-0.1, -0.05) is 6.08 Å². The fraction of sp³-hybridized carbons (Fsp3) is 0.333. The topological polar surface area (TPSA) is 18.5 Å². The zero-order chi connectivity index (χ0) is 8.97. The van der Waals surface area contributed by atoms with Crippen molar-refractivity contribution in [1.29, 1.82) is 0 Å². The molecule has 0 N–H and O–H groups in total. The Bertz CT molecular complexity index is 251. The Balaban J connectivity index is 2.89. The predicted molar refractivity (Wildman–Crippen MR) is 51.9 cm³/mol. The maximum absolute atomic E-state index is 5.15. The van der Waals surface area contributed by atoms with Gasteiger partial charge in [0.1, 0.15) is 5.76 Å². The van der Waals surface area contributed by atoms with Gasteiger partial charge in [-0.25, -0.2) is 0 Å². The highest BCUT2D eigenvalue weighted by Crippen LogP contribution is 2.19. The summed E-state index contributed by atoms with van der Waals surface area (Å²) in [6.07, 6.45) is 6.44. The van der Waals surface area contributed by atoms with Gasteiger partial charge in [-0.2, -0.15) is 0 Å². The van der Waals surface area contributed by atoms with Gasteiger partial charge in [0.15, 0.2) is 5.76 Å². The smallest absolute Gasteiger partial charge is 0.156 e. The normalized spacial score (nSPS) is 17.1. The molecule has 0 bridgehead atoms. The second kappa shape index (κ2) is 4.26. The highest BCUT2D eigenvalue weighted by molar-refractivity contribution is 7.84. The Morgan fingerprint density at radius 1 is 1.25 bits per heavy atom. The van der Waals surface area contributed by atoms with Crippen LogP contribution in [0.1, 0.15) is 6.42 Å². The van der Waals surface area contributed by atoms with Crippen LogP contribution in [0.25, 0.3) is 0 Å². The second-order valence-electron chi connectivity index (χ2n) is 2.36. The third-order valence-electron chi connectivity index (χ3n) is 1.64. The summed E-state index contributed by atoms with van der Waals surface area (Å²) >= 11 is 4.23. The van der Waals surface area contributed by atoms with Gasteiger partial charge in [-0.3, -0.25) is 0 Å². The minimum atomic E-state index is 0.728. The van der Waals surface area contributed by atoms with Gasteiger partial charge >= 0.3 is 0 Å². The lowest BCUT2D eigenvalue weighted by Gasteiger charge is -2.06. The highest BCUT2D eigenvalue weighted by Gasteiger charge is 2.06. The lowest BCUT2D eigenvalue weighted by Crippen LogP contribution is -1.92. The Kier molecular flexibility index (Phi) is 3.29. The first-order chi connectivity index (χ1) is 5.77. The molecule has 0 fully saturated rings. The van der Waals surface area contributed by atoms with Gasteiger partial charge in [0.25, 0.3) is 0 Å². The first-order valence-corrected chi connectivity index (χ1v) is 4.11. The lowest BCUT2D eigenvalue weighted by molar-refractivity contribution is 0.227. The maximum atomic E-state index is 5.15. The average molecular weight is 184 g/mol. The molecule has 0 aromatic rings. The molecular weight excluding hydrogens is 172 g/mol. The molecule has 1 aliphatic carbocycles. The first kappa shape index (κ1) is 9.26. The highest BCUT2D eigenvalue weighted by atomic mass is 32.1. The van der Waals surface area contributed by atoms with Gasteiger partial charge in [-0.15, -0.1) is 12.6 Å². The van der Waals surface area contributed by atoms with E-state index in [-0.39, 0.29) is 0 Å². The van der Waals surface area contributed by atoms with Crippen molar-refractivity contribution in [2.24, 2.45) is 0 Å². The molecule has 3 heteroatoms. The van der Waals surface area contributed by atoms with Gasteiger partial charge in [0, 0.05) is 11.3 Å². The van der Waals surface area contributed by atoms with E-state index < -0.39 is 0 Å². The molecule has 0 radical (unpaired) electrons. The van der Waals surface area contributed by atoms with E-state index in [1.807, 2.05) is 18.2 Å². The van der Waals surface area contributed by atoms with E-state index in [0.717, 1.165) is 22.8 Å². The van der Waals surface area contributed by atoms with Gasteiger partial charge in [0.05, 0.1) is 14.2 Å². The van der Waals surface area contributed by atoms with Crippen molar-refractivity contribution in [3.63, 3.8) is 0 Å². The SMILES string of the molecule is COC1=C(OC)CC=C(S)C=C1. The van der Waals surface area contributed by atoms with Crippen molar-refractivity contribution >= 4 is 12.6 Å². The largest absolute Gasteiger partial charge is 0.497 e. The predicted octanol–water partition coefficient (Wildman–Crippen LogP) is 2.26. The van der Waals surface area contributed by atoms with E-state index in [2.05, 4.69) is 12.6 Å². The van der Waals surface area contributed by atoms with Crippen molar-refractivity contribution < 1.29 is 9.47 Å². The number of thiol groups is 1. The zero-order valence-electron chi connectivity index (χ0n) is 7.20. The molecule has 0 aliphatic heterocycles. The summed E-state index contributed by atoms with van der Waals surface area (Å²) in [5.74, 6) is 1.59. The van der Waals surface area contributed by atoms with Crippen LogP contribution in [-0.2, 0) is 9.47 Å². The summed E-state index contributed by atoms with van der Waals surface area (Å²) in [6, 6.07) is 0. The monoisotopic (exact) mass is 184 g/mol. The van der Waals surface area contributed by atoms with Crippen LogP contribution < -0.4 is 0 Å². The fourth-order valence-electron chi connectivity index (χ4n) is 0.986. The molecule has 2 nitrogen and oxygen atoms in total. The molecule has 12 heavy (non-hydrogen) atoms. The van der Waals surface area contributed by atoms with Crippen molar-refractivity contribution in [2.75, 3.05) is 14.2 Å². The number of ether oxygens (including phenoxy) is 2. The van der Waals surface area contributed by atoms with Crippen LogP contribution in [-0.4, -0.2) is 14.2 Å². The molecular formula is C9H12O2S. The summed E-state index contributed by atoms with van der Waals surface area (Å²) in [5, 5.41) is 0. The maximum Gasteiger partial charge on any atom is 0.156 e. The first-order valence-electron chi connectivity index (χ1n) is 3.66. The second-order valence-corrected chi connectivity index (χ2v) is 2.88. The minimum Gasteiger partial charge on any atom is -0.497 e. The molecule has 0 saturated carbocycles. The third kappa shape index (κ3) is 2.08. The van der Waals surface area contributed by atoms with E-state index in [1.165, 1.54) is 0 Å². The molecule has 0 spiro atoms. The summed E-state index contributed by atoms with van der Waals surface area (Å²) in [4.78, 5) is 0.927. The summed E-state index contributed by atoms with van der Waals surface area (Å²) in [7, 11) is 3.27. The molecule has 0 heterocycles. The van der Waals surface area contributed by atoms with Crippen LogP contribution in [0.15, 0.2) is 34.7 Å². The van der Waals surface area contributed by atoms with E-state index in [4.69, 9.17) is 9.47 Å². The quantitative estimate of drug-likeness (QED) is 0.664. The average Bonchev–Trinajstić information content (AvgIpc) is 2.27. The van der Waals surface area contributed by atoms with Gasteiger partial charge in [0.2, 0.25) is 0 Å². The molecule has 0 aromatic carbocycles. The van der Waals surface area contributed by atoms with E-state index >= 15 is 0 Å². The van der Waals surface area contributed by atoms with E-state index in [9.17, 15) is 0 Å². The summed E-state index contributed by atoms with van der Waals surface area (Å²) < 4.78 is 10.3. The van der Waals surface area contributed by atoms with E-state index in [0.29, 0.717) is 0 Å². The van der Waals surface area contributed by atoms with Crippen molar-refractivity contribution in [3.05, 3.63) is 34.7 Å². The number of allylic oxidation sites excluding steroid dienone is 3. The molecule has 0 saturated heterocycles. The van der Waals surface area contributed by atoms with Gasteiger partial charge < -0.3 is 9.47 Å². The number of hydrogen-bond acceptors (Lipinski definition) is 3. The fourth-order valence-corrected chi connectivity index (χ4v) is 1.15. The minimum absolute atomic E-state index is 0.728. The number of hydrogen-bond donors (Lipinski definition) is 1. The molecule has 0 amide bonds. The molecule has 1 rings (SSSR count). The third-order valence-corrected chi connectivity index (χ3v) is 1.97. The Labute approximate surface area is 78.0 Å². The van der Waals surface area contributed by atoms with Gasteiger partial charge in [-0.05, 0) is 12.2 Å². The molecule has 0 aromatic heterocycles. The van der Waals surface area contributed by atoms with Crippen molar-refractivity contribution in [3.8, 4) is 0 Å². The van der Waals surface area contributed by atoms with Crippen LogP contribution in [0.3, 0.4) is 0 Å². The summed E-state index contributed by atoms with van der Waals surface area (Å²) in [5.41, 5.74) is 0. The lowest BCUT2D eigenvalue weighted by atomic mass is 10.3. The summed E-state index contributed by atoms with van der Waals surface area (Å²) in [6.45, 7) is 0. The van der Waals surface area contributed by atoms with Crippen LogP contribution in [0.4, 0.5) is 0 Å². The molecule has 1 aliphatic rings. The number of methoxy groups -OCH3 is 2. The van der Waals surface area contributed by atoms with Crippen molar-refractivity contribution in [1.82, 2.24) is 0 Å². The van der Waals surface area contributed by atoms with Crippen LogP contribution in [0, 0.1) is 0 Å².